The molecule has 0 saturated carbocycles. The van der Waals surface area contributed by atoms with Gasteiger partial charge in [-0.1, -0.05) is 6.07 Å². The average molecular weight is 280 g/mol. The van der Waals surface area contributed by atoms with Crippen molar-refractivity contribution in [3.8, 4) is 0 Å². The van der Waals surface area contributed by atoms with Gasteiger partial charge in [-0.15, -0.1) is 10.2 Å². The molecule has 2 aromatic rings. The molecule has 0 spiro atoms. The molecule has 1 fully saturated rings. The first kappa shape index (κ1) is 12.6. The van der Waals surface area contributed by atoms with Crippen molar-refractivity contribution in [2.24, 2.45) is 0 Å². The quantitative estimate of drug-likeness (QED) is 0.856. The van der Waals surface area contributed by atoms with Gasteiger partial charge in [0.2, 0.25) is 0 Å². The van der Waals surface area contributed by atoms with Crippen LogP contribution in [-0.2, 0) is 16.3 Å². The van der Waals surface area contributed by atoms with Crippen LogP contribution in [-0.4, -0.2) is 47.1 Å². The lowest BCUT2D eigenvalue weighted by molar-refractivity contribution is 0.550. The third-order valence-corrected chi connectivity index (χ3v) is 5.17. The number of pyridine rings is 1. The van der Waals surface area contributed by atoms with Crippen molar-refractivity contribution in [3.05, 3.63) is 30.2 Å². The number of rotatable bonds is 4. The fourth-order valence-electron chi connectivity index (χ4n) is 2.41. The molecule has 0 aliphatic carbocycles. The van der Waals surface area contributed by atoms with Crippen molar-refractivity contribution < 1.29 is 8.42 Å². The van der Waals surface area contributed by atoms with Gasteiger partial charge in [0, 0.05) is 25.2 Å². The van der Waals surface area contributed by atoms with Crippen LogP contribution < -0.4 is 5.32 Å². The lowest BCUT2D eigenvalue weighted by Gasteiger charge is -2.09. The van der Waals surface area contributed by atoms with Crippen molar-refractivity contribution in [2.45, 2.75) is 18.9 Å². The van der Waals surface area contributed by atoms with E-state index in [2.05, 4.69) is 15.5 Å². The van der Waals surface area contributed by atoms with Crippen LogP contribution in [0.4, 0.5) is 0 Å². The number of nitrogens with zero attached hydrogens (tertiary/aromatic N) is 3. The highest BCUT2D eigenvalue weighted by Crippen LogP contribution is 2.11. The van der Waals surface area contributed by atoms with Crippen LogP contribution in [0.2, 0.25) is 0 Å². The van der Waals surface area contributed by atoms with Gasteiger partial charge in [-0.05, 0) is 18.6 Å². The Balaban J connectivity index is 1.58. The van der Waals surface area contributed by atoms with E-state index in [4.69, 9.17) is 0 Å². The average Bonchev–Trinajstić information content (AvgIpc) is 2.94. The molecule has 0 amide bonds. The lowest BCUT2D eigenvalue weighted by Crippen LogP contribution is -2.32. The first-order chi connectivity index (χ1) is 9.14. The zero-order chi connectivity index (χ0) is 13.3. The summed E-state index contributed by atoms with van der Waals surface area (Å²) in [5.41, 5.74) is 0.834. The van der Waals surface area contributed by atoms with Gasteiger partial charge >= 0.3 is 0 Å². The van der Waals surface area contributed by atoms with Gasteiger partial charge in [0.05, 0.1) is 11.5 Å². The molecule has 3 heterocycles. The highest BCUT2D eigenvalue weighted by Gasteiger charge is 2.27. The minimum Gasteiger partial charge on any atom is -0.312 e. The molecule has 3 rings (SSSR count). The van der Waals surface area contributed by atoms with Crippen molar-refractivity contribution in [1.82, 2.24) is 19.9 Å². The molecule has 102 valence electrons. The summed E-state index contributed by atoms with van der Waals surface area (Å²) < 4.78 is 24.6. The number of aromatic nitrogens is 3. The SMILES string of the molecule is O=S1(=O)CCC(NCCc2nnc3ccccn23)C1. The number of sulfone groups is 1. The summed E-state index contributed by atoms with van der Waals surface area (Å²) >= 11 is 0. The van der Waals surface area contributed by atoms with Gasteiger partial charge in [-0.3, -0.25) is 4.40 Å². The zero-order valence-electron chi connectivity index (χ0n) is 10.5. The van der Waals surface area contributed by atoms with E-state index in [0.29, 0.717) is 12.2 Å². The number of nitrogens with one attached hydrogen (secondary N) is 1. The molecule has 6 nitrogen and oxygen atoms in total. The molecule has 0 aromatic carbocycles. The molecule has 1 aliphatic rings. The number of hydrogen-bond acceptors (Lipinski definition) is 5. The molecule has 0 radical (unpaired) electrons. The smallest absolute Gasteiger partial charge is 0.160 e. The molecule has 0 bridgehead atoms. The van der Waals surface area contributed by atoms with Crippen LogP contribution in [0.3, 0.4) is 0 Å². The van der Waals surface area contributed by atoms with Crippen LogP contribution in [0.1, 0.15) is 12.2 Å². The largest absolute Gasteiger partial charge is 0.312 e. The normalized spacial score (nSPS) is 22.0. The maximum Gasteiger partial charge on any atom is 0.160 e. The van der Waals surface area contributed by atoms with E-state index >= 15 is 0 Å². The van der Waals surface area contributed by atoms with Crippen molar-refractivity contribution in [2.75, 3.05) is 18.1 Å². The molecular weight excluding hydrogens is 264 g/mol. The highest BCUT2D eigenvalue weighted by molar-refractivity contribution is 7.91. The van der Waals surface area contributed by atoms with E-state index in [0.717, 1.165) is 24.4 Å². The monoisotopic (exact) mass is 280 g/mol. The summed E-state index contributed by atoms with van der Waals surface area (Å²) in [6, 6.07) is 5.86. The van der Waals surface area contributed by atoms with Crippen molar-refractivity contribution in [3.63, 3.8) is 0 Å². The Kier molecular flexibility index (Phi) is 3.24. The van der Waals surface area contributed by atoms with E-state index < -0.39 is 9.84 Å². The third kappa shape index (κ3) is 2.76. The third-order valence-electron chi connectivity index (χ3n) is 3.40. The zero-order valence-corrected chi connectivity index (χ0v) is 11.3. The van der Waals surface area contributed by atoms with E-state index in [9.17, 15) is 8.42 Å². The van der Waals surface area contributed by atoms with E-state index in [1.54, 1.807) is 0 Å². The highest BCUT2D eigenvalue weighted by atomic mass is 32.2. The minimum atomic E-state index is -2.81. The lowest BCUT2D eigenvalue weighted by atomic mass is 10.2. The van der Waals surface area contributed by atoms with Gasteiger partial charge < -0.3 is 5.32 Å². The predicted octanol–water partition coefficient (Wildman–Crippen LogP) is 0.0485. The summed E-state index contributed by atoms with van der Waals surface area (Å²) in [5.74, 6) is 1.45. The molecule has 1 unspecified atom stereocenters. The van der Waals surface area contributed by atoms with Crippen molar-refractivity contribution in [1.29, 1.82) is 0 Å². The van der Waals surface area contributed by atoms with Gasteiger partial charge in [0.1, 0.15) is 5.82 Å². The van der Waals surface area contributed by atoms with Gasteiger partial charge in [-0.2, -0.15) is 0 Å². The molecule has 2 aromatic heterocycles. The Hall–Kier alpha value is -1.47. The summed E-state index contributed by atoms with van der Waals surface area (Å²) in [7, 11) is -2.81. The fraction of sp³-hybridized carbons (Fsp3) is 0.500. The Labute approximate surface area is 111 Å². The second-order valence-electron chi connectivity index (χ2n) is 4.85. The van der Waals surface area contributed by atoms with Gasteiger partial charge in [-0.25, -0.2) is 8.42 Å². The Morgan fingerprint density at radius 3 is 3.05 bits per heavy atom. The van der Waals surface area contributed by atoms with Crippen LogP contribution in [0.25, 0.3) is 5.65 Å². The molecule has 1 saturated heterocycles. The van der Waals surface area contributed by atoms with Crippen LogP contribution in [0.15, 0.2) is 24.4 Å². The van der Waals surface area contributed by atoms with Gasteiger partial charge in [0.25, 0.3) is 0 Å². The first-order valence-corrected chi connectivity index (χ1v) is 8.19. The maximum atomic E-state index is 11.3. The van der Waals surface area contributed by atoms with E-state index in [-0.39, 0.29) is 11.8 Å². The predicted molar refractivity (Wildman–Crippen MR) is 71.8 cm³/mol. The number of hydrogen-bond donors (Lipinski definition) is 1. The molecular formula is C12H16N4O2S. The molecule has 1 aliphatic heterocycles. The number of fused-ring (bicyclic) bond motifs is 1. The van der Waals surface area contributed by atoms with E-state index in [1.165, 1.54) is 0 Å². The summed E-state index contributed by atoms with van der Waals surface area (Å²) in [4.78, 5) is 0. The second kappa shape index (κ2) is 4.90. The van der Waals surface area contributed by atoms with Crippen molar-refractivity contribution >= 4 is 15.5 Å². The molecule has 1 atom stereocenters. The second-order valence-corrected chi connectivity index (χ2v) is 7.08. The summed E-state index contributed by atoms with van der Waals surface area (Å²) in [6.07, 6.45) is 3.38. The molecule has 7 heteroatoms. The maximum absolute atomic E-state index is 11.3. The Morgan fingerprint density at radius 2 is 2.26 bits per heavy atom. The molecule has 1 N–H and O–H groups in total. The van der Waals surface area contributed by atoms with Gasteiger partial charge in [0.15, 0.2) is 15.5 Å². The topological polar surface area (TPSA) is 76.4 Å². The van der Waals surface area contributed by atoms with E-state index in [1.807, 2.05) is 28.8 Å². The standard InChI is InChI=1S/C12H16N4O2S/c17-19(18)8-5-10(9-19)13-6-4-12-15-14-11-3-1-2-7-16(11)12/h1-3,7,10,13H,4-6,8-9H2. The fourth-order valence-corrected chi connectivity index (χ4v) is 4.11. The Morgan fingerprint density at radius 1 is 1.37 bits per heavy atom. The van der Waals surface area contributed by atoms with Crippen LogP contribution in [0, 0.1) is 0 Å². The summed E-state index contributed by atoms with van der Waals surface area (Å²) in [6.45, 7) is 0.718. The first-order valence-electron chi connectivity index (χ1n) is 6.36. The van der Waals surface area contributed by atoms with Crippen LogP contribution in [0.5, 0.6) is 0 Å². The summed E-state index contributed by atoms with van der Waals surface area (Å²) in [5, 5.41) is 11.5. The molecule has 19 heavy (non-hydrogen) atoms. The minimum absolute atomic E-state index is 0.0872. The Bertz CT molecular complexity index is 680. The van der Waals surface area contributed by atoms with Crippen LogP contribution >= 0.6 is 0 Å².